The van der Waals surface area contributed by atoms with Crippen molar-refractivity contribution in [3.05, 3.63) is 33.3 Å². The lowest BCUT2D eigenvalue weighted by molar-refractivity contribution is -0.142. The second-order valence-corrected chi connectivity index (χ2v) is 6.00. The first-order chi connectivity index (χ1) is 10.5. The topological polar surface area (TPSA) is 56.0 Å². The maximum Gasteiger partial charge on any atom is 0.436 e. The monoisotopic (exact) mass is 393 g/mol. The Balaban J connectivity index is 2.30. The molecular formula is C13H15BrF3N5O. The summed E-state index contributed by atoms with van der Waals surface area (Å²) in [5.41, 5.74) is 0.306. The number of carbonyl (C=O) groups is 1. The molecule has 0 fully saturated rings. The van der Waals surface area contributed by atoms with E-state index in [0.29, 0.717) is 0 Å². The molecule has 2 aromatic heterocycles. The van der Waals surface area contributed by atoms with Gasteiger partial charge in [0.2, 0.25) is 0 Å². The van der Waals surface area contributed by atoms with Crippen LogP contribution < -0.4 is 0 Å². The number of amides is 1. The van der Waals surface area contributed by atoms with Crippen LogP contribution in [0.2, 0.25) is 0 Å². The molecule has 0 bridgehead atoms. The molecule has 0 unspecified atom stereocenters. The first kappa shape index (κ1) is 17.5. The molecule has 23 heavy (non-hydrogen) atoms. The van der Waals surface area contributed by atoms with Gasteiger partial charge in [-0.05, 0) is 22.9 Å². The van der Waals surface area contributed by atoms with Gasteiger partial charge >= 0.3 is 6.18 Å². The van der Waals surface area contributed by atoms with E-state index in [1.165, 1.54) is 19.0 Å². The summed E-state index contributed by atoms with van der Waals surface area (Å²) in [4.78, 5) is 13.8. The van der Waals surface area contributed by atoms with Crippen LogP contribution in [0.3, 0.4) is 0 Å². The van der Waals surface area contributed by atoms with Crippen LogP contribution in [0.4, 0.5) is 13.2 Å². The normalized spacial score (nSPS) is 11.8. The molecule has 10 heteroatoms. The van der Waals surface area contributed by atoms with Crippen molar-refractivity contribution >= 4 is 21.8 Å². The summed E-state index contributed by atoms with van der Waals surface area (Å²) in [5.74, 6) is -0.564. The number of carbonyl (C=O) groups excluding carboxylic acids is 1. The Morgan fingerprint density at radius 3 is 2.39 bits per heavy atom. The summed E-state index contributed by atoms with van der Waals surface area (Å²) in [5, 5.41) is 7.57. The highest BCUT2D eigenvalue weighted by Gasteiger charge is 2.39. The molecule has 1 amide bonds. The summed E-state index contributed by atoms with van der Waals surface area (Å²) in [6.07, 6.45) is -2.87. The Hall–Kier alpha value is -1.84. The van der Waals surface area contributed by atoms with Crippen molar-refractivity contribution in [1.82, 2.24) is 24.5 Å². The summed E-state index contributed by atoms with van der Waals surface area (Å²) in [6.45, 7) is 2.03. The molecule has 0 saturated heterocycles. The summed E-state index contributed by atoms with van der Waals surface area (Å²) in [6, 6.07) is 0. The lowest BCUT2D eigenvalue weighted by Crippen LogP contribution is -2.28. The lowest BCUT2D eigenvalue weighted by Gasteiger charge is -2.17. The molecule has 2 rings (SSSR count). The Morgan fingerprint density at radius 2 is 1.96 bits per heavy atom. The van der Waals surface area contributed by atoms with Crippen molar-refractivity contribution < 1.29 is 18.0 Å². The highest BCUT2D eigenvalue weighted by molar-refractivity contribution is 9.10. The Kier molecular flexibility index (Phi) is 4.56. The van der Waals surface area contributed by atoms with Crippen molar-refractivity contribution in [3.8, 4) is 0 Å². The molecule has 0 aliphatic heterocycles. The molecule has 126 valence electrons. The number of hydrogen-bond acceptors (Lipinski definition) is 3. The molecular weight excluding hydrogens is 379 g/mol. The highest BCUT2D eigenvalue weighted by Crippen LogP contribution is 2.35. The van der Waals surface area contributed by atoms with Crippen molar-refractivity contribution in [2.24, 2.45) is 14.1 Å². The second-order valence-electron chi connectivity index (χ2n) is 5.21. The minimum absolute atomic E-state index is 0.152. The quantitative estimate of drug-likeness (QED) is 0.804. The van der Waals surface area contributed by atoms with Gasteiger partial charge in [0, 0.05) is 39.4 Å². The van der Waals surface area contributed by atoms with E-state index in [4.69, 9.17) is 0 Å². The van der Waals surface area contributed by atoms with Crippen molar-refractivity contribution in [2.75, 3.05) is 7.05 Å². The Morgan fingerprint density at radius 1 is 1.35 bits per heavy atom. The maximum absolute atomic E-state index is 12.9. The van der Waals surface area contributed by atoms with Crippen LogP contribution >= 0.6 is 15.9 Å². The molecule has 2 heterocycles. The van der Waals surface area contributed by atoms with Gasteiger partial charge in [-0.3, -0.25) is 14.2 Å². The van der Waals surface area contributed by atoms with Crippen molar-refractivity contribution in [3.63, 3.8) is 0 Å². The summed E-state index contributed by atoms with van der Waals surface area (Å²) >= 11 is 2.84. The highest BCUT2D eigenvalue weighted by atomic mass is 79.9. The van der Waals surface area contributed by atoms with Crippen LogP contribution in [0, 0.1) is 6.92 Å². The van der Waals surface area contributed by atoms with E-state index in [1.54, 1.807) is 24.9 Å². The summed E-state index contributed by atoms with van der Waals surface area (Å²) < 4.78 is 40.8. The zero-order valence-electron chi connectivity index (χ0n) is 12.9. The van der Waals surface area contributed by atoms with Crippen LogP contribution in [0.1, 0.15) is 27.4 Å². The number of aromatic nitrogens is 4. The van der Waals surface area contributed by atoms with Gasteiger partial charge in [0.25, 0.3) is 5.91 Å². The zero-order valence-corrected chi connectivity index (χ0v) is 14.5. The first-order valence-electron chi connectivity index (χ1n) is 6.56. The number of aryl methyl sites for hydroxylation is 3. The van der Waals surface area contributed by atoms with E-state index in [9.17, 15) is 18.0 Å². The maximum atomic E-state index is 12.9. The average molecular weight is 394 g/mol. The number of halogens is 4. The van der Waals surface area contributed by atoms with Crippen molar-refractivity contribution in [2.45, 2.75) is 19.6 Å². The van der Waals surface area contributed by atoms with Gasteiger partial charge in [-0.15, -0.1) is 0 Å². The number of alkyl halides is 3. The fraction of sp³-hybridized carbons (Fsp3) is 0.462. The number of rotatable bonds is 3. The molecule has 0 aliphatic rings. The van der Waals surface area contributed by atoms with E-state index in [1.807, 2.05) is 0 Å². The fourth-order valence-corrected chi connectivity index (χ4v) is 2.95. The van der Waals surface area contributed by atoms with E-state index in [2.05, 4.69) is 26.1 Å². The standard InChI is InChI=1S/C13H15BrF3N5O/c1-7-8(6-21(3)18-7)5-20(2)12(23)10-9(14)11(13(15,16)17)19-22(10)4/h6H,5H2,1-4H3. The number of hydrogen-bond donors (Lipinski definition) is 0. The zero-order chi connectivity index (χ0) is 17.5. The third-order valence-electron chi connectivity index (χ3n) is 3.33. The van der Waals surface area contributed by atoms with Gasteiger partial charge in [-0.1, -0.05) is 0 Å². The van der Waals surface area contributed by atoms with Gasteiger partial charge in [0.05, 0.1) is 10.2 Å². The fourth-order valence-electron chi connectivity index (χ4n) is 2.22. The molecule has 0 atom stereocenters. The van der Waals surface area contributed by atoms with E-state index in [0.717, 1.165) is 15.9 Å². The molecule has 6 nitrogen and oxygen atoms in total. The van der Waals surface area contributed by atoms with Crippen LogP contribution in [0.5, 0.6) is 0 Å². The SMILES string of the molecule is Cc1nn(C)cc1CN(C)C(=O)c1c(Br)c(C(F)(F)F)nn1C. The van der Waals surface area contributed by atoms with Crippen LogP contribution in [-0.4, -0.2) is 37.4 Å². The Labute approximate surface area is 139 Å². The second kappa shape index (κ2) is 5.99. The average Bonchev–Trinajstić information content (AvgIpc) is 2.88. The Bertz CT molecular complexity index is 750. The number of nitrogens with zero attached hydrogens (tertiary/aromatic N) is 5. The molecule has 0 saturated carbocycles. The minimum atomic E-state index is -4.63. The molecule has 0 aliphatic carbocycles. The van der Waals surface area contributed by atoms with E-state index >= 15 is 0 Å². The molecule has 0 radical (unpaired) electrons. The first-order valence-corrected chi connectivity index (χ1v) is 7.36. The molecule has 2 aromatic rings. The third-order valence-corrected chi connectivity index (χ3v) is 4.08. The van der Waals surface area contributed by atoms with Gasteiger partial charge < -0.3 is 4.90 Å². The van der Waals surface area contributed by atoms with E-state index < -0.39 is 17.8 Å². The largest absolute Gasteiger partial charge is 0.436 e. The lowest BCUT2D eigenvalue weighted by atomic mass is 10.2. The van der Waals surface area contributed by atoms with Gasteiger partial charge in [-0.25, -0.2) is 0 Å². The van der Waals surface area contributed by atoms with Crippen LogP contribution in [-0.2, 0) is 26.8 Å². The van der Waals surface area contributed by atoms with Gasteiger partial charge in [-0.2, -0.15) is 23.4 Å². The van der Waals surface area contributed by atoms with Crippen molar-refractivity contribution in [1.29, 1.82) is 0 Å². The third kappa shape index (κ3) is 3.41. The molecule has 0 spiro atoms. The predicted molar refractivity (Wildman–Crippen MR) is 79.7 cm³/mol. The van der Waals surface area contributed by atoms with Crippen LogP contribution in [0.25, 0.3) is 0 Å². The van der Waals surface area contributed by atoms with E-state index in [-0.39, 0.29) is 16.7 Å². The minimum Gasteiger partial charge on any atom is -0.336 e. The predicted octanol–water partition coefficient (Wildman–Crippen LogP) is 2.52. The molecule has 0 N–H and O–H groups in total. The molecule has 0 aromatic carbocycles. The smallest absolute Gasteiger partial charge is 0.336 e. The van der Waals surface area contributed by atoms with Crippen LogP contribution in [0.15, 0.2) is 10.7 Å². The van der Waals surface area contributed by atoms with Gasteiger partial charge in [0.15, 0.2) is 5.69 Å². The van der Waals surface area contributed by atoms with Gasteiger partial charge in [0.1, 0.15) is 5.69 Å². The summed E-state index contributed by atoms with van der Waals surface area (Å²) in [7, 11) is 4.57.